The first kappa shape index (κ1) is 23.8. The minimum absolute atomic E-state index is 0.203. The summed E-state index contributed by atoms with van der Waals surface area (Å²) >= 11 is -0.556. The number of piperidine rings is 1. The second kappa shape index (κ2) is 13.0. The van der Waals surface area contributed by atoms with Crippen LogP contribution in [0.3, 0.4) is 0 Å². The van der Waals surface area contributed by atoms with Crippen molar-refractivity contribution < 1.29 is 31.6 Å². The predicted molar refractivity (Wildman–Crippen MR) is 116 cm³/mol. The fourth-order valence-corrected chi connectivity index (χ4v) is 4.48. The van der Waals surface area contributed by atoms with Crippen LogP contribution in [0.4, 0.5) is 0 Å². The van der Waals surface area contributed by atoms with E-state index >= 15 is 0 Å². The fraction of sp³-hybridized carbons (Fsp3) is 0.400. The first-order valence-electron chi connectivity index (χ1n) is 9.11. The molecule has 8 heteroatoms. The minimum atomic E-state index is -0.556. The zero-order valence-electron chi connectivity index (χ0n) is 16.2. The molecule has 1 aliphatic heterocycles. The van der Waals surface area contributed by atoms with E-state index in [-0.39, 0.29) is 5.75 Å². The van der Waals surface area contributed by atoms with E-state index in [0.717, 1.165) is 11.8 Å². The fourth-order valence-electron chi connectivity index (χ4n) is 3.23. The van der Waals surface area contributed by atoms with Crippen LogP contribution in [0.5, 0.6) is 17.2 Å². The van der Waals surface area contributed by atoms with Gasteiger partial charge in [-0.2, -0.15) is 0 Å². The van der Waals surface area contributed by atoms with Gasteiger partial charge in [0.2, 0.25) is 0 Å². The number of nitrogens with zero attached hydrogens (tertiary/aromatic N) is 1. The third-order valence-corrected chi connectivity index (χ3v) is 6.04. The van der Waals surface area contributed by atoms with Crippen LogP contribution in [0.25, 0.3) is 0 Å². The summed E-state index contributed by atoms with van der Waals surface area (Å²) in [6.07, 6.45) is 3.92. The van der Waals surface area contributed by atoms with Crippen molar-refractivity contribution in [1.29, 1.82) is 0 Å². The Morgan fingerprint density at radius 3 is 2.36 bits per heavy atom. The first-order chi connectivity index (χ1) is 13.6. The molecular weight excluding hydrogens is 452 g/mol. The average Bonchev–Trinajstić information content (AvgIpc) is 2.72. The molecule has 1 saturated heterocycles. The molecule has 1 atom stereocenters. The zero-order valence-corrected chi connectivity index (χ0v) is 20.2. The molecule has 0 bridgehead atoms. The number of phenols is 1. The second-order valence-corrected chi connectivity index (χ2v) is 10.3. The molecule has 0 spiro atoms. The molecule has 0 saturated carbocycles. The Labute approximate surface area is 186 Å². The SMILES string of the molecule is COc1cc(OC)c(O)c(Pc2ccccc2CN2CCCCC2)c1.[Cl][Ti][Cl]. The summed E-state index contributed by atoms with van der Waals surface area (Å²) in [5.74, 6) is 1.36. The summed E-state index contributed by atoms with van der Waals surface area (Å²) in [4.78, 5) is 2.53. The number of likely N-dealkylation sites (tertiary alicyclic amines) is 1. The molecule has 28 heavy (non-hydrogen) atoms. The Hall–Kier alpha value is -0.476. The number of rotatable bonds is 6. The third kappa shape index (κ3) is 7.09. The number of methoxy groups -OCH3 is 2. The molecule has 2 aromatic carbocycles. The number of phenolic OH excluding ortho intramolecular Hbond substituents is 1. The molecule has 1 unspecified atom stereocenters. The van der Waals surface area contributed by atoms with Crippen LogP contribution in [-0.2, 0) is 23.6 Å². The normalized spacial score (nSPS) is 14.4. The van der Waals surface area contributed by atoms with Gasteiger partial charge in [-0.15, -0.1) is 0 Å². The van der Waals surface area contributed by atoms with E-state index in [4.69, 9.17) is 28.1 Å². The van der Waals surface area contributed by atoms with Gasteiger partial charge < -0.3 is 14.6 Å². The molecule has 1 aliphatic rings. The van der Waals surface area contributed by atoms with Crippen LogP contribution < -0.4 is 20.1 Å². The van der Waals surface area contributed by atoms with E-state index in [0.29, 0.717) is 20.1 Å². The van der Waals surface area contributed by atoms with Gasteiger partial charge >= 0.3 is 35.6 Å². The first-order valence-corrected chi connectivity index (χ1v) is 14.4. The van der Waals surface area contributed by atoms with Crippen LogP contribution in [0, 0.1) is 0 Å². The molecule has 0 amide bonds. The molecule has 152 valence electrons. The van der Waals surface area contributed by atoms with Gasteiger partial charge in [0.15, 0.2) is 11.5 Å². The molecular formula is C20H26Cl2NO3PTi. The maximum absolute atomic E-state index is 10.5. The van der Waals surface area contributed by atoms with E-state index in [2.05, 4.69) is 29.2 Å². The summed E-state index contributed by atoms with van der Waals surface area (Å²) in [5.41, 5.74) is 1.34. The number of hydrogen-bond acceptors (Lipinski definition) is 4. The number of ether oxygens (including phenoxy) is 2. The third-order valence-electron chi connectivity index (χ3n) is 4.63. The van der Waals surface area contributed by atoms with E-state index in [9.17, 15) is 5.11 Å². The van der Waals surface area contributed by atoms with Crippen molar-refractivity contribution in [2.45, 2.75) is 25.8 Å². The van der Waals surface area contributed by atoms with Gasteiger partial charge in [-0.1, -0.05) is 39.3 Å². The average molecular weight is 478 g/mol. The summed E-state index contributed by atoms with van der Waals surface area (Å²) in [5, 5.41) is 12.6. The number of halogens is 2. The van der Waals surface area contributed by atoms with Crippen LogP contribution >= 0.6 is 27.2 Å². The molecule has 0 aromatic heterocycles. The monoisotopic (exact) mass is 477 g/mol. The van der Waals surface area contributed by atoms with Gasteiger partial charge in [-0.25, -0.2) is 0 Å². The van der Waals surface area contributed by atoms with Crippen LogP contribution in [0.15, 0.2) is 36.4 Å². The standard InChI is InChI=1S/C20H26NO3P.2ClH.Ti/c1-23-16-12-17(24-2)20(22)19(13-16)25-18-9-5-4-8-15(18)14-21-10-6-3-7-11-21;;;/h4-5,8-9,12-13,22,25H,3,6-7,10-11,14H2,1-2H3;2*1H;/q;;;+2/p-2. The Morgan fingerprint density at radius 2 is 1.71 bits per heavy atom. The van der Waals surface area contributed by atoms with Crippen molar-refractivity contribution in [2.75, 3.05) is 27.3 Å². The molecule has 4 nitrogen and oxygen atoms in total. The van der Waals surface area contributed by atoms with Crippen molar-refractivity contribution in [3.8, 4) is 17.2 Å². The number of aromatic hydroxyl groups is 1. The quantitative estimate of drug-likeness (QED) is 0.494. The molecule has 3 rings (SSSR count). The summed E-state index contributed by atoms with van der Waals surface area (Å²) in [6, 6.07) is 12.1. The molecule has 0 aliphatic carbocycles. The van der Waals surface area contributed by atoms with E-state index in [1.165, 1.54) is 43.2 Å². The van der Waals surface area contributed by atoms with E-state index in [1.807, 2.05) is 6.07 Å². The van der Waals surface area contributed by atoms with Crippen molar-refractivity contribution >= 4 is 37.8 Å². The van der Waals surface area contributed by atoms with E-state index in [1.54, 1.807) is 20.3 Å². The number of benzene rings is 2. The van der Waals surface area contributed by atoms with Crippen LogP contribution in [0.1, 0.15) is 24.8 Å². The Kier molecular flexibility index (Phi) is 11.0. The molecule has 2 aromatic rings. The molecule has 1 fully saturated rings. The van der Waals surface area contributed by atoms with Crippen molar-refractivity contribution in [3.05, 3.63) is 42.0 Å². The van der Waals surface area contributed by atoms with E-state index < -0.39 is 17.0 Å². The van der Waals surface area contributed by atoms with Gasteiger partial charge in [0.25, 0.3) is 0 Å². The summed E-state index contributed by atoms with van der Waals surface area (Å²) in [7, 11) is 13.3. The van der Waals surface area contributed by atoms with Crippen molar-refractivity contribution in [1.82, 2.24) is 4.90 Å². The Morgan fingerprint density at radius 1 is 1.04 bits per heavy atom. The van der Waals surface area contributed by atoms with Gasteiger partial charge in [0.1, 0.15) is 5.75 Å². The van der Waals surface area contributed by atoms with Gasteiger partial charge in [-0.3, -0.25) is 4.90 Å². The number of hydrogen-bond donors (Lipinski definition) is 1. The van der Waals surface area contributed by atoms with Crippen LogP contribution in [0.2, 0.25) is 0 Å². The van der Waals surface area contributed by atoms with Gasteiger partial charge in [0.05, 0.1) is 14.2 Å². The molecule has 0 radical (unpaired) electrons. The van der Waals surface area contributed by atoms with Crippen molar-refractivity contribution in [2.24, 2.45) is 0 Å². The predicted octanol–water partition coefficient (Wildman–Crippen LogP) is 4.40. The topological polar surface area (TPSA) is 41.9 Å². The Balaban J connectivity index is 0.000000878. The second-order valence-electron chi connectivity index (χ2n) is 6.42. The summed E-state index contributed by atoms with van der Waals surface area (Å²) in [6.45, 7) is 3.33. The van der Waals surface area contributed by atoms with Crippen LogP contribution in [-0.4, -0.2) is 37.3 Å². The molecule has 1 heterocycles. The Bertz CT molecular complexity index is 745. The summed E-state index contributed by atoms with van der Waals surface area (Å²) < 4.78 is 10.6. The van der Waals surface area contributed by atoms with Crippen molar-refractivity contribution in [3.63, 3.8) is 0 Å². The maximum atomic E-state index is 10.5. The van der Waals surface area contributed by atoms with Gasteiger partial charge in [0, 0.05) is 17.9 Å². The van der Waals surface area contributed by atoms with Gasteiger partial charge in [-0.05, 0) is 42.9 Å². The molecule has 1 N–H and O–H groups in total. The zero-order chi connectivity index (χ0) is 20.4.